The van der Waals surface area contributed by atoms with Gasteiger partial charge in [0.25, 0.3) is 0 Å². The molecule has 0 saturated carbocycles. The number of amides is 1. The van der Waals surface area contributed by atoms with Crippen LogP contribution in [0.2, 0.25) is 0 Å². The SMILES string of the molecule is CCC(C)(COC(C)=O)C(=O)Nc1ccccc1. The number of hydrogen-bond donors (Lipinski definition) is 1. The average molecular weight is 249 g/mol. The fraction of sp³-hybridized carbons (Fsp3) is 0.429. The van der Waals surface area contributed by atoms with E-state index >= 15 is 0 Å². The molecule has 0 saturated heterocycles. The smallest absolute Gasteiger partial charge is 0.302 e. The zero-order chi connectivity index (χ0) is 13.6. The van der Waals surface area contributed by atoms with Crippen LogP contribution in [-0.2, 0) is 14.3 Å². The van der Waals surface area contributed by atoms with Gasteiger partial charge in [0.05, 0.1) is 5.41 Å². The Morgan fingerprint density at radius 3 is 2.39 bits per heavy atom. The van der Waals surface area contributed by atoms with Crippen LogP contribution in [0.15, 0.2) is 30.3 Å². The summed E-state index contributed by atoms with van der Waals surface area (Å²) < 4.78 is 4.96. The van der Waals surface area contributed by atoms with Gasteiger partial charge in [-0.3, -0.25) is 9.59 Å². The summed E-state index contributed by atoms with van der Waals surface area (Å²) in [4.78, 5) is 23.0. The summed E-state index contributed by atoms with van der Waals surface area (Å²) in [5.74, 6) is -0.514. The third kappa shape index (κ3) is 3.87. The summed E-state index contributed by atoms with van der Waals surface area (Å²) in [7, 11) is 0. The summed E-state index contributed by atoms with van der Waals surface area (Å²) in [6.45, 7) is 5.12. The van der Waals surface area contributed by atoms with Gasteiger partial charge in [0, 0.05) is 12.6 Å². The van der Waals surface area contributed by atoms with E-state index in [1.807, 2.05) is 37.3 Å². The molecule has 0 aliphatic rings. The highest BCUT2D eigenvalue weighted by Gasteiger charge is 2.32. The van der Waals surface area contributed by atoms with Crippen molar-refractivity contribution in [2.75, 3.05) is 11.9 Å². The molecule has 1 rings (SSSR count). The highest BCUT2D eigenvalue weighted by molar-refractivity contribution is 5.95. The Morgan fingerprint density at radius 2 is 1.89 bits per heavy atom. The molecular weight excluding hydrogens is 230 g/mol. The molecule has 0 bridgehead atoms. The number of benzene rings is 1. The van der Waals surface area contributed by atoms with Crippen molar-refractivity contribution in [3.63, 3.8) is 0 Å². The monoisotopic (exact) mass is 249 g/mol. The summed E-state index contributed by atoms with van der Waals surface area (Å²) in [6, 6.07) is 9.23. The lowest BCUT2D eigenvalue weighted by atomic mass is 9.87. The van der Waals surface area contributed by atoms with E-state index in [-0.39, 0.29) is 18.5 Å². The number of anilines is 1. The van der Waals surface area contributed by atoms with E-state index in [0.717, 1.165) is 5.69 Å². The van der Waals surface area contributed by atoms with Gasteiger partial charge < -0.3 is 10.1 Å². The first kappa shape index (κ1) is 14.2. The summed E-state index contributed by atoms with van der Waals surface area (Å²) in [6.07, 6.45) is 0.596. The lowest BCUT2D eigenvalue weighted by Crippen LogP contribution is -2.37. The third-order valence-corrected chi connectivity index (χ3v) is 2.95. The van der Waals surface area contributed by atoms with Gasteiger partial charge in [-0.1, -0.05) is 25.1 Å². The molecule has 18 heavy (non-hydrogen) atoms. The lowest BCUT2D eigenvalue weighted by Gasteiger charge is -2.26. The minimum Gasteiger partial charge on any atom is -0.465 e. The Morgan fingerprint density at radius 1 is 1.28 bits per heavy atom. The molecule has 0 aliphatic carbocycles. The molecule has 98 valence electrons. The number of nitrogens with one attached hydrogen (secondary N) is 1. The van der Waals surface area contributed by atoms with Gasteiger partial charge >= 0.3 is 5.97 Å². The van der Waals surface area contributed by atoms with E-state index in [4.69, 9.17) is 4.74 Å². The zero-order valence-corrected chi connectivity index (χ0v) is 11.0. The molecule has 1 amide bonds. The molecule has 1 N–H and O–H groups in total. The van der Waals surface area contributed by atoms with Crippen molar-refractivity contribution in [2.45, 2.75) is 27.2 Å². The quantitative estimate of drug-likeness (QED) is 0.816. The highest BCUT2D eigenvalue weighted by Crippen LogP contribution is 2.24. The largest absolute Gasteiger partial charge is 0.465 e. The maximum Gasteiger partial charge on any atom is 0.302 e. The number of rotatable bonds is 5. The Hall–Kier alpha value is -1.84. The predicted octanol–water partition coefficient (Wildman–Crippen LogP) is 2.60. The van der Waals surface area contributed by atoms with Crippen LogP contribution in [0.25, 0.3) is 0 Å². The molecule has 1 aromatic rings. The molecule has 0 aromatic heterocycles. The normalized spacial score (nSPS) is 13.5. The van der Waals surface area contributed by atoms with Crippen LogP contribution >= 0.6 is 0 Å². The fourth-order valence-electron chi connectivity index (χ4n) is 1.39. The van der Waals surface area contributed by atoms with Crippen LogP contribution < -0.4 is 5.32 Å². The Bertz CT molecular complexity index is 416. The van der Waals surface area contributed by atoms with E-state index in [1.54, 1.807) is 6.92 Å². The lowest BCUT2D eigenvalue weighted by molar-refractivity contribution is -0.146. The van der Waals surface area contributed by atoms with Crippen LogP contribution in [0, 0.1) is 5.41 Å². The second kappa shape index (κ2) is 6.19. The molecule has 1 aromatic carbocycles. The van der Waals surface area contributed by atoms with Crippen molar-refractivity contribution in [1.82, 2.24) is 0 Å². The molecule has 1 atom stereocenters. The van der Waals surface area contributed by atoms with E-state index in [1.165, 1.54) is 6.92 Å². The van der Waals surface area contributed by atoms with Crippen LogP contribution in [0.3, 0.4) is 0 Å². The number of hydrogen-bond acceptors (Lipinski definition) is 3. The standard InChI is InChI=1S/C14H19NO3/c1-4-14(3,10-18-11(2)16)13(17)15-12-8-6-5-7-9-12/h5-9H,4,10H2,1-3H3,(H,15,17). The maximum atomic E-state index is 12.2. The summed E-state index contributed by atoms with van der Waals surface area (Å²) in [5.41, 5.74) is 0.0339. The zero-order valence-electron chi connectivity index (χ0n) is 11.0. The van der Waals surface area contributed by atoms with Gasteiger partial charge in [-0.15, -0.1) is 0 Å². The van der Waals surface area contributed by atoms with E-state index in [9.17, 15) is 9.59 Å². The number of ether oxygens (including phenoxy) is 1. The van der Waals surface area contributed by atoms with Gasteiger partial charge in [-0.2, -0.15) is 0 Å². The molecule has 0 spiro atoms. The van der Waals surface area contributed by atoms with E-state index < -0.39 is 5.41 Å². The molecule has 1 unspecified atom stereocenters. The first-order valence-electron chi connectivity index (χ1n) is 5.98. The number of carbonyl (C=O) groups is 2. The van der Waals surface area contributed by atoms with Crippen molar-refractivity contribution in [2.24, 2.45) is 5.41 Å². The number of esters is 1. The molecule has 0 fully saturated rings. The van der Waals surface area contributed by atoms with Gasteiger partial charge in [0.15, 0.2) is 0 Å². The highest BCUT2D eigenvalue weighted by atomic mass is 16.5. The number of para-hydroxylation sites is 1. The molecule has 0 heterocycles. The predicted molar refractivity (Wildman–Crippen MR) is 70.1 cm³/mol. The van der Waals surface area contributed by atoms with Crippen LogP contribution in [0.5, 0.6) is 0 Å². The average Bonchev–Trinajstić information content (AvgIpc) is 2.37. The van der Waals surface area contributed by atoms with Gasteiger partial charge in [-0.25, -0.2) is 0 Å². The summed E-state index contributed by atoms with van der Waals surface area (Å²) in [5, 5.41) is 2.83. The van der Waals surface area contributed by atoms with Crippen molar-refractivity contribution in [3.8, 4) is 0 Å². The van der Waals surface area contributed by atoms with E-state index in [0.29, 0.717) is 6.42 Å². The maximum absolute atomic E-state index is 12.2. The van der Waals surface area contributed by atoms with Crippen molar-refractivity contribution in [1.29, 1.82) is 0 Å². The summed E-state index contributed by atoms with van der Waals surface area (Å²) >= 11 is 0. The molecule has 0 aliphatic heterocycles. The van der Waals surface area contributed by atoms with Crippen molar-refractivity contribution >= 4 is 17.6 Å². The molecule has 4 heteroatoms. The minimum atomic E-state index is -0.707. The molecule has 4 nitrogen and oxygen atoms in total. The van der Waals surface area contributed by atoms with Gasteiger partial charge in [-0.05, 0) is 25.5 Å². The van der Waals surface area contributed by atoms with Crippen LogP contribution in [0.4, 0.5) is 5.69 Å². The fourth-order valence-corrected chi connectivity index (χ4v) is 1.39. The molecule has 0 radical (unpaired) electrons. The third-order valence-electron chi connectivity index (χ3n) is 2.95. The van der Waals surface area contributed by atoms with Crippen molar-refractivity contribution in [3.05, 3.63) is 30.3 Å². The number of carbonyl (C=O) groups excluding carboxylic acids is 2. The first-order valence-corrected chi connectivity index (χ1v) is 5.98. The van der Waals surface area contributed by atoms with Gasteiger partial charge in [0.1, 0.15) is 6.61 Å². The van der Waals surface area contributed by atoms with Crippen LogP contribution in [-0.4, -0.2) is 18.5 Å². The van der Waals surface area contributed by atoms with Crippen LogP contribution in [0.1, 0.15) is 27.2 Å². The topological polar surface area (TPSA) is 55.4 Å². The Balaban J connectivity index is 2.69. The Labute approximate surface area is 107 Å². The van der Waals surface area contributed by atoms with Crippen molar-refractivity contribution < 1.29 is 14.3 Å². The van der Waals surface area contributed by atoms with Gasteiger partial charge in [0.2, 0.25) is 5.91 Å². The first-order chi connectivity index (χ1) is 8.48. The Kier molecular flexibility index (Phi) is 4.89. The molecular formula is C14H19NO3. The minimum absolute atomic E-state index is 0.0947. The second-order valence-corrected chi connectivity index (χ2v) is 4.51. The second-order valence-electron chi connectivity index (χ2n) is 4.51. The van der Waals surface area contributed by atoms with E-state index in [2.05, 4.69) is 5.32 Å².